The molecule has 0 saturated carbocycles. The average Bonchev–Trinajstić information content (AvgIpc) is 2.42. The summed E-state index contributed by atoms with van der Waals surface area (Å²) in [5, 5.41) is 15.8. The number of nitro benzene ring substituents is 1. The van der Waals surface area contributed by atoms with Gasteiger partial charge in [-0.3, -0.25) is 14.9 Å². The minimum Gasteiger partial charge on any atom is -0.378 e. The Balaban J connectivity index is 3.08. The molecule has 0 radical (unpaired) electrons. The van der Waals surface area contributed by atoms with E-state index in [4.69, 9.17) is 11.6 Å². The Morgan fingerprint density at radius 2 is 2.14 bits per heavy atom. The maximum Gasteiger partial charge on any atom is 0.294 e. The summed E-state index contributed by atoms with van der Waals surface area (Å²) in [4.78, 5) is 22.0. The number of anilines is 1. The summed E-state index contributed by atoms with van der Waals surface area (Å²) >= 11 is 5.93. The minimum atomic E-state index is -2.70. The van der Waals surface area contributed by atoms with Gasteiger partial charge in [0.1, 0.15) is 5.69 Å². The van der Waals surface area contributed by atoms with Gasteiger partial charge in [0.15, 0.2) is 0 Å². The molecule has 1 rings (SSSR count). The highest BCUT2D eigenvalue weighted by Gasteiger charge is 2.21. The van der Waals surface area contributed by atoms with E-state index in [1.165, 1.54) is 6.07 Å². The lowest BCUT2D eigenvalue weighted by Crippen LogP contribution is -2.28. The van der Waals surface area contributed by atoms with E-state index in [2.05, 4.69) is 5.32 Å². The predicted molar refractivity (Wildman–Crippen MR) is 75.2 cm³/mol. The maximum atomic E-state index is 12.0. The van der Waals surface area contributed by atoms with Crippen LogP contribution in [-0.4, -0.2) is 30.3 Å². The summed E-state index contributed by atoms with van der Waals surface area (Å²) in [6.07, 6.45) is -1.98. The molecule has 0 unspecified atom stereocenters. The molecule has 0 fully saturated rings. The van der Waals surface area contributed by atoms with Gasteiger partial charge in [0, 0.05) is 18.2 Å². The number of halogens is 3. The van der Waals surface area contributed by atoms with Crippen molar-refractivity contribution >= 4 is 28.9 Å². The second kappa shape index (κ2) is 7.72. The third-order valence-corrected chi connectivity index (χ3v) is 2.80. The summed E-state index contributed by atoms with van der Waals surface area (Å²) < 4.78 is 24.1. The average molecular weight is 322 g/mol. The van der Waals surface area contributed by atoms with Gasteiger partial charge in [-0.15, -0.1) is 0 Å². The van der Waals surface area contributed by atoms with Crippen molar-refractivity contribution in [1.29, 1.82) is 0 Å². The number of hydrogen-bond acceptors (Lipinski definition) is 4. The Bertz CT molecular complexity index is 541. The first-order valence-corrected chi connectivity index (χ1v) is 6.52. The largest absolute Gasteiger partial charge is 0.378 e. The summed E-state index contributed by atoms with van der Waals surface area (Å²) in [7, 11) is 0. The number of hydrogen-bond donors (Lipinski definition) is 2. The molecule has 116 valence electrons. The van der Waals surface area contributed by atoms with Gasteiger partial charge >= 0.3 is 0 Å². The fourth-order valence-electron chi connectivity index (χ4n) is 1.56. The molecule has 0 spiro atoms. The van der Waals surface area contributed by atoms with Crippen LogP contribution in [0.2, 0.25) is 5.02 Å². The van der Waals surface area contributed by atoms with Crippen molar-refractivity contribution in [3.8, 4) is 0 Å². The lowest BCUT2D eigenvalue weighted by Gasteiger charge is -2.10. The summed E-state index contributed by atoms with van der Waals surface area (Å²) in [6, 6.07) is 2.21. The molecule has 0 bridgehead atoms. The highest BCUT2D eigenvalue weighted by Crippen LogP contribution is 2.33. The quantitative estimate of drug-likeness (QED) is 0.597. The first-order valence-electron chi connectivity index (χ1n) is 6.15. The number of carbonyl (C=O) groups is 1. The Morgan fingerprint density at radius 3 is 2.67 bits per heavy atom. The number of amides is 1. The van der Waals surface area contributed by atoms with Gasteiger partial charge in [-0.25, -0.2) is 8.78 Å². The lowest BCUT2D eigenvalue weighted by atomic mass is 10.1. The van der Waals surface area contributed by atoms with Crippen molar-refractivity contribution in [3.05, 3.63) is 32.8 Å². The number of rotatable bonds is 7. The topological polar surface area (TPSA) is 84.3 Å². The van der Waals surface area contributed by atoms with Gasteiger partial charge in [0.05, 0.1) is 16.5 Å². The van der Waals surface area contributed by atoms with E-state index in [1.807, 2.05) is 12.2 Å². The van der Waals surface area contributed by atoms with Crippen LogP contribution in [0.15, 0.2) is 12.1 Å². The SMILES string of the molecule is CCCNc1c(Cl)cc(C(=O)NCC(F)F)cc1[N+](=O)[O-]. The smallest absolute Gasteiger partial charge is 0.294 e. The van der Waals surface area contributed by atoms with Crippen LogP contribution >= 0.6 is 11.6 Å². The standard InChI is InChI=1S/C12H14ClF2N3O3/c1-2-3-16-11-8(13)4-7(5-9(11)18(20)21)12(19)17-6-10(14)15/h4-5,10,16H,2-3,6H2,1H3,(H,17,19). The second-order valence-corrected chi connectivity index (χ2v) is 4.54. The molecule has 2 N–H and O–H groups in total. The number of carbonyl (C=O) groups excluding carboxylic acids is 1. The van der Waals surface area contributed by atoms with Crippen LogP contribution in [0.1, 0.15) is 23.7 Å². The minimum absolute atomic E-state index is 0.0140. The Morgan fingerprint density at radius 1 is 1.48 bits per heavy atom. The van der Waals surface area contributed by atoms with Crippen molar-refractivity contribution < 1.29 is 18.5 Å². The summed E-state index contributed by atoms with van der Waals surface area (Å²) in [5.41, 5.74) is -0.415. The molecule has 1 aromatic carbocycles. The maximum absolute atomic E-state index is 12.0. The van der Waals surface area contributed by atoms with E-state index in [0.29, 0.717) is 6.54 Å². The zero-order valence-corrected chi connectivity index (χ0v) is 11.9. The van der Waals surface area contributed by atoms with Crippen LogP contribution in [-0.2, 0) is 0 Å². The third kappa shape index (κ3) is 4.82. The highest BCUT2D eigenvalue weighted by molar-refractivity contribution is 6.34. The molecule has 9 heteroatoms. The van der Waals surface area contributed by atoms with Gasteiger partial charge in [-0.1, -0.05) is 18.5 Å². The number of benzene rings is 1. The van der Waals surface area contributed by atoms with E-state index < -0.39 is 23.8 Å². The van der Waals surface area contributed by atoms with Crippen molar-refractivity contribution in [2.75, 3.05) is 18.4 Å². The molecule has 1 amide bonds. The second-order valence-electron chi connectivity index (χ2n) is 4.14. The number of nitro groups is 1. The van der Waals surface area contributed by atoms with E-state index in [9.17, 15) is 23.7 Å². The molecule has 21 heavy (non-hydrogen) atoms. The molecular weight excluding hydrogens is 308 g/mol. The normalized spacial score (nSPS) is 10.5. The number of alkyl halides is 2. The molecule has 0 aliphatic heterocycles. The molecule has 0 aromatic heterocycles. The van der Waals surface area contributed by atoms with Gasteiger partial charge in [0.25, 0.3) is 18.0 Å². The highest BCUT2D eigenvalue weighted by atomic mass is 35.5. The van der Waals surface area contributed by atoms with Crippen molar-refractivity contribution in [1.82, 2.24) is 5.32 Å². The Kier molecular flexibility index (Phi) is 6.29. The molecule has 1 aromatic rings. The monoisotopic (exact) mass is 321 g/mol. The van der Waals surface area contributed by atoms with E-state index >= 15 is 0 Å². The summed E-state index contributed by atoms with van der Waals surface area (Å²) in [5.74, 6) is -0.845. The first-order chi connectivity index (χ1) is 9.86. The lowest BCUT2D eigenvalue weighted by molar-refractivity contribution is -0.384. The van der Waals surface area contributed by atoms with Gasteiger partial charge < -0.3 is 10.6 Å². The molecule has 0 atom stereocenters. The van der Waals surface area contributed by atoms with Crippen LogP contribution in [0, 0.1) is 10.1 Å². The van der Waals surface area contributed by atoms with E-state index in [0.717, 1.165) is 12.5 Å². The molecule has 0 aliphatic rings. The van der Waals surface area contributed by atoms with E-state index in [1.54, 1.807) is 0 Å². The van der Waals surface area contributed by atoms with Crippen molar-refractivity contribution in [3.63, 3.8) is 0 Å². The molecular formula is C12H14ClF2N3O3. The van der Waals surface area contributed by atoms with E-state index in [-0.39, 0.29) is 22.0 Å². The van der Waals surface area contributed by atoms with Crippen LogP contribution in [0.3, 0.4) is 0 Å². The predicted octanol–water partition coefficient (Wildman–Crippen LogP) is 3.07. The molecule has 0 heterocycles. The third-order valence-electron chi connectivity index (χ3n) is 2.50. The Labute approximate surface area is 124 Å². The number of nitrogens with zero attached hydrogens (tertiary/aromatic N) is 1. The van der Waals surface area contributed by atoms with Crippen LogP contribution in [0.5, 0.6) is 0 Å². The fourth-order valence-corrected chi connectivity index (χ4v) is 1.85. The van der Waals surface area contributed by atoms with Crippen LogP contribution in [0.25, 0.3) is 0 Å². The number of nitrogens with one attached hydrogen (secondary N) is 2. The zero-order chi connectivity index (χ0) is 16.0. The fraction of sp³-hybridized carbons (Fsp3) is 0.417. The van der Waals surface area contributed by atoms with Gasteiger partial charge in [0.2, 0.25) is 0 Å². The van der Waals surface area contributed by atoms with Crippen LogP contribution in [0.4, 0.5) is 20.2 Å². The van der Waals surface area contributed by atoms with Crippen molar-refractivity contribution in [2.24, 2.45) is 0 Å². The Hall–Kier alpha value is -1.96. The molecule has 0 saturated heterocycles. The van der Waals surface area contributed by atoms with Gasteiger partial charge in [-0.05, 0) is 12.5 Å². The molecule has 0 aliphatic carbocycles. The molecule has 6 nitrogen and oxygen atoms in total. The zero-order valence-electron chi connectivity index (χ0n) is 11.2. The van der Waals surface area contributed by atoms with Gasteiger partial charge in [-0.2, -0.15) is 0 Å². The van der Waals surface area contributed by atoms with Crippen LogP contribution < -0.4 is 10.6 Å². The van der Waals surface area contributed by atoms with Crippen molar-refractivity contribution in [2.45, 2.75) is 19.8 Å². The summed E-state index contributed by atoms with van der Waals surface area (Å²) in [6.45, 7) is 1.51. The first kappa shape index (κ1) is 17.1.